The van der Waals surface area contributed by atoms with E-state index in [0.717, 1.165) is 4.47 Å². The molecule has 0 unspecified atom stereocenters. The second kappa shape index (κ2) is 7.33. The number of carbonyl (C=O) groups is 1. The molecule has 1 amide bonds. The van der Waals surface area contributed by atoms with Gasteiger partial charge < -0.3 is 15.4 Å². The quantitative estimate of drug-likeness (QED) is 0.832. The van der Waals surface area contributed by atoms with Crippen LogP contribution in [0.2, 0.25) is 5.02 Å². The lowest BCUT2D eigenvalue weighted by Gasteiger charge is -2.11. The Bertz CT molecular complexity index is 649. The van der Waals surface area contributed by atoms with Crippen LogP contribution in [0.3, 0.4) is 0 Å². The number of hydrogen-bond acceptors (Lipinski definition) is 3. The van der Waals surface area contributed by atoms with Gasteiger partial charge in [0.1, 0.15) is 5.75 Å². The van der Waals surface area contributed by atoms with E-state index in [9.17, 15) is 4.79 Å². The van der Waals surface area contributed by atoms with E-state index in [2.05, 4.69) is 26.6 Å². The second-order valence-electron chi connectivity index (χ2n) is 4.23. The molecule has 0 radical (unpaired) electrons. The smallest absolute Gasteiger partial charge is 0.243 e. The van der Waals surface area contributed by atoms with Gasteiger partial charge in [0.05, 0.1) is 30.1 Å². The maximum Gasteiger partial charge on any atom is 0.243 e. The molecule has 0 saturated heterocycles. The van der Waals surface area contributed by atoms with Crippen LogP contribution >= 0.6 is 27.5 Å². The van der Waals surface area contributed by atoms with Crippen LogP contribution in [0.25, 0.3) is 0 Å². The highest BCUT2D eigenvalue weighted by atomic mass is 79.9. The van der Waals surface area contributed by atoms with E-state index in [-0.39, 0.29) is 12.5 Å². The number of carbonyl (C=O) groups excluding carboxylic acids is 1. The number of benzene rings is 2. The maximum absolute atomic E-state index is 12.0. The molecule has 0 atom stereocenters. The molecule has 2 rings (SSSR count). The van der Waals surface area contributed by atoms with E-state index in [0.29, 0.717) is 22.1 Å². The SMILES string of the molecule is COc1ccccc1NC(=O)CNc1ccc(Br)cc1Cl. The molecule has 0 aliphatic heterocycles. The zero-order chi connectivity index (χ0) is 15.2. The minimum atomic E-state index is -0.182. The van der Waals surface area contributed by atoms with Crippen LogP contribution in [0.4, 0.5) is 11.4 Å². The highest BCUT2D eigenvalue weighted by molar-refractivity contribution is 9.10. The van der Waals surface area contributed by atoms with Gasteiger partial charge in [0.25, 0.3) is 0 Å². The van der Waals surface area contributed by atoms with Gasteiger partial charge >= 0.3 is 0 Å². The summed E-state index contributed by atoms with van der Waals surface area (Å²) in [5.41, 5.74) is 1.34. The Hall–Kier alpha value is -1.72. The third-order valence-electron chi connectivity index (χ3n) is 2.75. The Morgan fingerprint density at radius 3 is 2.71 bits per heavy atom. The van der Waals surface area contributed by atoms with Crippen molar-refractivity contribution in [3.05, 3.63) is 52.0 Å². The fourth-order valence-electron chi connectivity index (χ4n) is 1.75. The first-order chi connectivity index (χ1) is 10.1. The van der Waals surface area contributed by atoms with Crippen LogP contribution in [0, 0.1) is 0 Å². The normalized spacial score (nSPS) is 10.0. The third kappa shape index (κ3) is 4.37. The maximum atomic E-state index is 12.0. The van der Waals surface area contributed by atoms with E-state index in [1.807, 2.05) is 24.3 Å². The summed E-state index contributed by atoms with van der Waals surface area (Å²) in [6, 6.07) is 12.7. The van der Waals surface area contributed by atoms with Crippen molar-refractivity contribution in [2.75, 3.05) is 24.3 Å². The Labute approximate surface area is 136 Å². The number of para-hydroxylation sites is 2. The van der Waals surface area contributed by atoms with Crippen molar-refractivity contribution in [2.24, 2.45) is 0 Å². The molecule has 0 saturated carbocycles. The second-order valence-corrected chi connectivity index (χ2v) is 5.55. The predicted molar refractivity (Wildman–Crippen MR) is 89.3 cm³/mol. The molecule has 2 N–H and O–H groups in total. The Balaban J connectivity index is 1.96. The van der Waals surface area contributed by atoms with Crippen molar-refractivity contribution in [3.8, 4) is 5.75 Å². The summed E-state index contributed by atoms with van der Waals surface area (Å²) in [6.45, 7) is 0.111. The van der Waals surface area contributed by atoms with Crippen LogP contribution in [0.5, 0.6) is 5.75 Å². The summed E-state index contributed by atoms with van der Waals surface area (Å²) in [5.74, 6) is 0.436. The van der Waals surface area contributed by atoms with Gasteiger partial charge in [-0.1, -0.05) is 39.7 Å². The average Bonchev–Trinajstić information content (AvgIpc) is 2.47. The van der Waals surface area contributed by atoms with E-state index in [1.54, 1.807) is 25.3 Å². The molecule has 0 aromatic heterocycles. The zero-order valence-corrected chi connectivity index (χ0v) is 13.7. The lowest BCUT2D eigenvalue weighted by Crippen LogP contribution is -2.22. The summed E-state index contributed by atoms with van der Waals surface area (Å²) in [4.78, 5) is 12.0. The largest absolute Gasteiger partial charge is 0.495 e. The van der Waals surface area contributed by atoms with Crippen LogP contribution in [0.1, 0.15) is 0 Å². The minimum absolute atomic E-state index is 0.111. The molecule has 0 aliphatic carbocycles. The highest BCUT2D eigenvalue weighted by Crippen LogP contribution is 2.26. The lowest BCUT2D eigenvalue weighted by molar-refractivity contribution is -0.114. The van der Waals surface area contributed by atoms with E-state index in [4.69, 9.17) is 16.3 Å². The summed E-state index contributed by atoms with van der Waals surface area (Å²) in [6.07, 6.45) is 0. The number of hydrogen-bond donors (Lipinski definition) is 2. The Morgan fingerprint density at radius 1 is 1.24 bits per heavy atom. The number of methoxy groups -OCH3 is 1. The first-order valence-corrected chi connectivity index (χ1v) is 7.39. The van der Waals surface area contributed by atoms with Gasteiger partial charge in [-0.2, -0.15) is 0 Å². The average molecular weight is 370 g/mol. The number of ether oxygens (including phenoxy) is 1. The summed E-state index contributed by atoms with van der Waals surface area (Å²) in [5, 5.41) is 6.33. The van der Waals surface area contributed by atoms with Crippen LogP contribution in [0.15, 0.2) is 46.9 Å². The van der Waals surface area contributed by atoms with E-state index >= 15 is 0 Å². The van der Waals surface area contributed by atoms with Crippen LogP contribution in [-0.2, 0) is 4.79 Å². The molecule has 4 nitrogen and oxygen atoms in total. The van der Waals surface area contributed by atoms with Crippen LogP contribution < -0.4 is 15.4 Å². The molecule has 2 aromatic rings. The first-order valence-electron chi connectivity index (χ1n) is 6.22. The summed E-state index contributed by atoms with van der Waals surface area (Å²) in [7, 11) is 1.56. The Kier molecular flexibility index (Phi) is 5.47. The van der Waals surface area contributed by atoms with Gasteiger partial charge in [0.2, 0.25) is 5.91 Å². The monoisotopic (exact) mass is 368 g/mol. The lowest BCUT2D eigenvalue weighted by atomic mass is 10.3. The highest BCUT2D eigenvalue weighted by Gasteiger charge is 2.07. The molecular weight excluding hydrogens is 356 g/mol. The van der Waals surface area contributed by atoms with Crippen molar-refractivity contribution < 1.29 is 9.53 Å². The Morgan fingerprint density at radius 2 is 2.00 bits per heavy atom. The van der Waals surface area contributed by atoms with Crippen molar-refractivity contribution in [1.29, 1.82) is 0 Å². The molecule has 2 aromatic carbocycles. The standard InChI is InChI=1S/C15H14BrClN2O2/c1-21-14-5-3-2-4-13(14)19-15(20)9-18-12-7-6-10(16)8-11(12)17/h2-8,18H,9H2,1H3,(H,19,20). The molecule has 6 heteroatoms. The number of amides is 1. The molecule has 21 heavy (non-hydrogen) atoms. The molecule has 0 spiro atoms. The zero-order valence-electron chi connectivity index (χ0n) is 11.3. The van der Waals surface area contributed by atoms with E-state index < -0.39 is 0 Å². The van der Waals surface area contributed by atoms with Crippen molar-refractivity contribution in [3.63, 3.8) is 0 Å². The van der Waals surface area contributed by atoms with Gasteiger partial charge in [0.15, 0.2) is 0 Å². The molecule has 0 bridgehead atoms. The number of halogens is 2. The number of rotatable bonds is 5. The molecule has 0 fully saturated rings. The fraction of sp³-hybridized carbons (Fsp3) is 0.133. The molecule has 110 valence electrons. The van der Waals surface area contributed by atoms with Crippen LogP contribution in [-0.4, -0.2) is 19.6 Å². The van der Waals surface area contributed by atoms with Crippen molar-refractivity contribution in [2.45, 2.75) is 0 Å². The van der Waals surface area contributed by atoms with Gasteiger partial charge in [-0.05, 0) is 30.3 Å². The summed E-state index contributed by atoms with van der Waals surface area (Å²) >= 11 is 9.41. The van der Waals surface area contributed by atoms with Crippen molar-refractivity contribution >= 4 is 44.8 Å². The molecule has 0 aliphatic rings. The van der Waals surface area contributed by atoms with Gasteiger partial charge in [-0.25, -0.2) is 0 Å². The number of nitrogens with one attached hydrogen (secondary N) is 2. The van der Waals surface area contributed by atoms with E-state index in [1.165, 1.54) is 0 Å². The minimum Gasteiger partial charge on any atom is -0.495 e. The third-order valence-corrected chi connectivity index (χ3v) is 3.56. The van der Waals surface area contributed by atoms with Gasteiger partial charge in [0, 0.05) is 4.47 Å². The topological polar surface area (TPSA) is 50.4 Å². The molecular formula is C15H14BrClN2O2. The summed E-state index contributed by atoms with van der Waals surface area (Å²) < 4.78 is 6.07. The fourth-order valence-corrected chi connectivity index (χ4v) is 2.49. The van der Waals surface area contributed by atoms with Crippen molar-refractivity contribution in [1.82, 2.24) is 0 Å². The first kappa shape index (κ1) is 15.7. The van der Waals surface area contributed by atoms with Gasteiger partial charge in [-0.3, -0.25) is 4.79 Å². The molecule has 0 heterocycles. The predicted octanol–water partition coefficient (Wildman–Crippen LogP) is 4.16. The van der Waals surface area contributed by atoms with Gasteiger partial charge in [-0.15, -0.1) is 0 Å². The number of anilines is 2.